The predicted octanol–water partition coefficient (Wildman–Crippen LogP) is 4.43. The summed E-state index contributed by atoms with van der Waals surface area (Å²) in [5, 5.41) is 0. The van der Waals surface area contributed by atoms with Gasteiger partial charge in [-0.2, -0.15) is 0 Å². The van der Waals surface area contributed by atoms with E-state index >= 15 is 0 Å². The molecular formula is C18H19ClO2. The van der Waals surface area contributed by atoms with Gasteiger partial charge < -0.3 is 9.47 Å². The van der Waals surface area contributed by atoms with Crippen molar-refractivity contribution in [2.75, 3.05) is 13.2 Å². The highest BCUT2D eigenvalue weighted by molar-refractivity contribution is 6.17. The molecule has 0 radical (unpaired) electrons. The van der Waals surface area contributed by atoms with Crippen molar-refractivity contribution in [3.63, 3.8) is 0 Å². The van der Waals surface area contributed by atoms with E-state index in [1.54, 1.807) is 0 Å². The fourth-order valence-corrected chi connectivity index (χ4v) is 3.01. The van der Waals surface area contributed by atoms with Crippen LogP contribution in [0.15, 0.2) is 42.5 Å². The topological polar surface area (TPSA) is 18.5 Å². The van der Waals surface area contributed by atoms with Crippen molar-refractivity contribution in [3.8, 4) is 5.75 Å². The molecule has 1 heterocycles. The third-order valence-corrected chi connectivity index (χ3v) is 4.20. The zero-order chi connectivity index (χ0) is 14.7. The van der Waals surface area contributed by atoms with Crippen LogP contribution in [-0.2, 0) is 17.0 Å². The smallest absolute Gasteiger partial charge is 0.126 e. The molecule has 0 N–H and O–H groups in total. The molecule has 2 aromatic rings. The first-order chi connectivity index (χ1) is 10.3. The van der Waals surface area contributed by atoms with Gasteiger partial charge >= 0.3 is 0 Å². The fourth-order valence-electron chi connectivity index (χ4n) is 2.80. The molecule has 1 atom stereocenters. The molecule has 0 saturated carbocycles. The molecule has 0 aliphatic carbocycles. The fraction of sp³-hybridized carbons (Fsp3) is 0.333. The minimum absolute atomic E-state index is 0.00210. The minimum atomic E-state index is -0.00210. The summed E-state index contributed by atoms with van der Waals surface area (Å²) in [7, 11) is 0. The third-order valence-electron chi connectivity index (χ3n) is 3.91. The quantitative estimate of drug-likeness (QED) is 0.778. The van der Waals surface area contributed by atoms with Crippen molar-refractivity contribution < 1.29 is 9.47 Å². The summed E-state index contributed by atoms with van der Waals surface area (Å²) in [5.74, 6) is 1.35. The van der Waals surface area contributed by atoms with Crippen LogP contribution < -0.4 is 4.74 Å². The van der Waals surface area contributed by atoms with Gasteiger partial charge in [-0.15, -0.1) is 11.6 Å². The van der Waals surface area contributed by atoms with E-state index in [1.165, 1.54) is 11.1 Å². The maximum Gasteiger partial charge on any atom is 0.126 e. The Bertz CT molecular complexity index is 624. The lowest BCUT2D eigenvalue weighted by Crippen LogP contribution is -2.22. The lowest BCUT2D eigenvalue weighted by Gasteiger charge is -2.26. The number of alkyl halides is 1. The highest BCUT2D eigenvalue weighted by Gasteiger charge is 2.21. The summed E-state index contributed by atoms with van der Waals surface area (Å²) in [5.41, 5.74) is 4.74. The standard InChI is InChI=1S/C18H19ClO2/c1-13-5-4-7-15(11-19)18(13)21-12-17-16-8-3-2-6-14(16)9-10-20-17/h2-8,17H,9-12H2,1H3. The van der Waals surface area contributed by atoms with Crippen LogP contribution in [0, 0.1) is 6.92 Å². The maximum absolute atomic E-state index is 6.05. The molecule has 0 saturated heterocycles. The largest absolute Gasteiger partial charge is 0.490 e. The van der Waals surface area contributed by atoms with Crippen molar-refractivity contribution in [2.45, 2.75) is 25.3 Å². The van der Waals surface area contributed by atoms with Crippen molar-refractivity contribution >= 4 is 11.6 Å². The number of para-hydroxylation sites is 1. The molecule has 0 amide bonds. The zero-order valence-electron chi connectivity index (χ0n) is 12.1. The van der Waals surface area contributed by atoms with Gasteiger partial charge in [0.25, 0.3) is 0 Å². The van der Waals surface area contributed by atoms with Crippen LogP contribution in [0.4, 0.5) is 0 Å². The summed E-state index contributed by atoms with van der Waals surface area (Å²) < 4.78 is 11.9. The van der Waals surface area contributed by atoms with Gasteiger partial charge in [0, 0.05) is 5.56 Å². The minimum Gasteiger partial charge on any atom is -0.490 e. The first-order valence-corrected chi connectivity index (χ1v) is 7.79. The van der Waals surface area contributed by atoms with Crippen LogP contribution in [0.3, 0.4) is 0 Å². The van der Waals surface area contributed by atoms with Crippen LogP contribution in [0.2, 0.25) is 0 Å². The molecular weight excluding hydrogens is 284 g/mol. The Morgan fingerprint density at radius 1 is 1.19 bits per heavy atom. The average molecular weight is 303 g/mol. The van der Waals surface area contributed by atoms with E-state index in [0.717, 1.165) is 29.9 Å². The Balaban J connectivity index is 1.78. The Hall–Kier alpha value is -1.51. The number of hydrogen-bond donors (Lipinski definition) is 0. The van der Waals surface area contributed by atoms with Gasteiger partial charge in [0.1, 0.15) is 18.5 Å². The number of ether oxygens (including phenoxy) is 2. The number of aryl methyl sites for hydroxylation is 1. The molecule has 0 fully saturated rings. The summed E-state index contributed by atoms with van der Waals surface area (Å²) in [6.07, 6.45) is 0.974. The highest BCUT2D eigenvalue weighted by Crippen LogP contribution is 2.30. The molecule has 21 heavy (non-hydrogen) atoms. The number of halogens is 1. The van der Waals surface area contributed by atoms with Gasteiger partial charge in [0.15, 0.2) is 0 Å². The number of fused-ring (bicyclic) bond motifs is 1. The van der Waals surface area contributed by atoms with Gasteiger partial charge in [0.2, 0.25) is 0 Å². The molecule has 1 aliphatic heterocycles. The van der Waals surface area contributed by atoms with Crippen LogP contribution in [0.25, 0.3) is 0 Å². The van der Waals surface area contributed by atoms with Gasteiger partial charge in [-0.05, 0) is 30.0 Å². The van der Waals surface area contributed by atoms with Gasteiger partial charge in [-0.1, -0.05) is 42.5 Å². The van der Waals surface area contributed by atoms with Crippen molar-refractivity contribution in [3.05, 3.63) is 64.7 Å². The van der Waals surface area contributed by atoms with Crippen LogP contribution in [-0.4, -0.2) is 13.2 Å². The molecule has 0 spiro atoms. The first-order valence-electron chi connectivity index (χ1n) is 7.26. The lowest BCUT2D eigenvalue weighted by molar-refractivity contribution is 0.00988. The second kappa shape index (κ2) is 6.50. The molecule has 3 rings (SSSR count). The lowest BCUT2D eigenvalue weighted by atomic mass is 9.98. The van der Waals surface area contributed by atoms with E-state index in [4.69, 9.17) is 21.1 Å². The van der Waals surface area contributed by atoms with E-state index in [2.05, 4.69) is 24.3 Å². The molecule has 1 unspecified atom stereocenters. The number of hydrogen-bond acceptors (Lipinski definition) is 2. The Morgan fingerprint density at radius 2 is 2.05 bits per heavy atom. The molecule has 110 valence electrons. The predicted molar refractivity (Wildman–Crippen MR) is 85.1 cm³/mol. The highest BCUT2D eigenvalue weighted by atomic mass is 35.5. The normalized spacial score (nSPS) is 17.3. The van der Waals surface area contributed by atoms with Crippen molar-refractivity contribution in [2.24, 2.45) is 0 Å². The van der Waals surface area contributed by atoms with E-state index in [-0.39, 0.29) is 6.10 Å². The summed E-state index contributed by atoms with van der Waals surface area (Å²) in [6.45, 7) is 3.31. The summed E-state index contributed by atoms with van der Waals surface area (Å²) >= 11 is 6.00. The van der Waals surface area contributed by atoms with E-state index in [1.807, 2.05) is 25.1 Å². The van der Waals surface area contributed by atoms with Crippen molar-refractivity contribution in [1.82, 2.24) is 0 Å². The average Bonchev–Trinajstić information content (AvgIpc) is 2.53. The Kier molecular flexibility index (Phi) is 4.47. The molecule has 1 aliphatic rings. The Morgan fingerprint density at radius 3 is 2.90 bits per heavy atom. The zero-order valence-corrected chi connectivity index (χ0v) is 12.9. The maximum atomic E-state index is 6.05. The van der Waals surface area contributed by atoms with Crippen LogP contribution in [0.5, 0.6) is 5.75 Å². The number of rotatable bonds is 4. The van der Waals surface area contributed by atoms with Gasteiger partial charge in [-0.25, -0.2) is 0 Å². The summed E-state index contributed by atoms with van der Waals surface area (Å²) in [4.78, 5) is 0. The number of benzene rings is 2. The SMILES string of the molecule is Cc1cccc(CCl)c1OCC1OCCc2ccccc21. The molecule has 0 aromatic heterocycles. The van der Waals surface area contributed by atoms with E-state index in [0.29, 0.717) is 12.5 Å². The molecule has 2 aromatic carbocycles. The first kappa shape index (κ1) is 14.4. The van der Waals surface area contributed by atoms with E-state index < -0.39 is 0 Å². The van der Waals surface area contributed by atoms with Crippen LogP contribution in [0.1, 0.15) is 28.4 Å². The monoisotopic (exact) mass is 302 g/mol. The second-order valence-corrected chi connectivity index (χ2v) is 5.58. The molecule has 0 bridgehead atoms. The Labute approximate surface area is 130 Å². The van der Waals surface area contributed by atoms with E-state index in [9.17, 15) is 0 Å². The summed E-state index contributed by atoms with van der Waals surface area (Å²) in [6, 6.07) is 14.5. The second-order valence-electron chi connectivity index (χ2n) is 5.32. The van der Waals surface area contributed by atoms with Gasteiger partial charge in [-0.3, -0.25) is 0 Å². The van der Waals surface area contributed by atoms with Crippen molar-refractivity contribution in [1.29, 1.82) is 0 Å². The third kappa shape index (κ3) is 3.07. The van der Waals surface area contributed by atoms with Crippen LogP contribution >= 0.6 is 11.6 Å². The molecule has 3 heteroatoms. The molecule has 2 nitrogen and oxygen atoms in total. The van der Waals surface area contributed by atoms with Gasteiger partial charge in [0.05, 0.1) is 12.5 Å².